The molecule has 0 saturated heterocycles. The average Bonchev–Trinajstić information content (AvgIpc) is 4.11. The van der Waals surface area contributed by atoms with Crippen molar-refractivity contribution >= 4 is 92.3 Å². The van der Waals surface area contributed by atoms with Gasteiger partial charge in [0.05, 0.1) is 16.7 Å². The number of thiophene rings is 1. The fourth-order valence-corrected chi connectivity index (χ4v) is 12.3. The Morgan fingerprint density at radius 3 is 1.90 bits per heavy atom. The zero-order valence-corrected chi connectivity index (χ0v) is 37.8. The van der Waals surface area contributed by atoms with Crippen LogP contribution in [0.25, 0.3) is 103 Å². The van der Waals surface area contributed by atoms with Gasteiger partial charge < -0.3 is 13.9 Å². The lowest BCUT2D eigenvalue weighted by molar-refractivity contribution is 0.660. The number of nitrogens with zero attached hydrogens (tertiary/aromatic N) is 2. The van der Waals surface area contributed by atoms with Crippen LogP contribution >= 0.6 is 11.3 Å². The number of furan rings is 1. The summed E-state index contributed by atoms with van der Waals surface area (Å²) < 4.78 is 11.9. The first kappa shape index (κ1) is 38.1. The lowest BCUT2D eigenvalue weighted by Crippen LogP contribution is -2.15. The maximum atomic E-state index is 6.91. The Kier molecular flexibility index (Phi) is 8.20. The predicted octanol–water partition coefficient (Wildman–Crippen LogP) is 18.2. The van der Waals surface area contributed by atoms with Crippen LogP contribution in [0.2, 0.25) is 0 Å². The zero-order chi connectivity index (χ0) is 44.4. The molecule has 0 amide bonds. The summed E-state index contributed by atoms with van der Waals surface area (Å²) in [6.45, 7) is 4.73. The molecule has 316 valence electrons. The van der Waals surface area contributed by atoms with Crippen molar-refractivity contribution in [1.29, 1.82) is 0 Å². The van der Waals surface area contributed by atoms with Gasteiger partial charge in [0.2, 0.25) is 0 Å². The van der Waals surface area contributed by atoms with Crippen molar-refractivity contribution in [2.24, 2.45) is 0 Å². The van der Waals surface area contributed by atoms with Crippen LogP contribution in [0.4, 0.5) is 17.1 Å². The highest BCUT2D eigenvalue weighted by atomic mass is 32.1. The van der Waals surface area contributed by atoms with Crippen LogP contribution in [0.15, 0.2) is 223 Å². The van der Waals surface area contributed by atoms with Gasteiger partial charge in [-0.2, -0.15) is 0 Å². The summed E-state index contributed by atoms with van der Waals surface area (Å²) >= 11 is 1.85. The van der Waals surface area contributed by atoms with E-state index in [0.29, 0.717) is 0 Å². The first-order chi connectivity index (χ1) is 33.0. The largest absolute Gasteiger partial charge is 0.455 e. The van der Waals surface area contributed by atoms with E-state index in [0.717, 1.165) is 55.8 Å². The first-order valence-corrected chi connectivity index (χ1v) is 23.9. The lowest BCUT2D eigenvalue weighted by Gasteiger charge is -2.29. The molecule has 3 nitrogen and oxygen atoms in total. The third kappa shape index (κ3) is 5.70. The number of hydrogen-bond acceptors (Lipinski definition) is 3. The van der Waals surface area contributed by atoms with E-state index in [1.165, 1.54) is 75.4 Å². The van der Waals surface area contributed by atoms with Crippen LogP contribution in [0.1, 0.15) is 25.0 Å². The fourth-order valence-electron chi connectivity index (χ4n) is 11.2. The monoisotopic (exact) mass is 874 g/mol. The number of anilines is 3. The summed E-state index contributed by atoms with van der Waals surface area (Å²) in [5.74, 6) is 0. The molecule has 3 aromatic heterocycles. The summed E-state index contributed by atoms with van der Waals surface area (Å²) in [7, 11) is 0. The molecule has 13 aromatic rings. The Morgan fingerprint density at radius 2 is 1.06 bits per heavy atom. The van der Waals surface area contributed by atoms with Crippen molar-refractivity contribution in [3.05, 3.63) is 230 Å². The highest BCUT2D eigenvalue weighted by molar-refractivity contribution is 7.25. The van der Waals surface area contributed by atoms with Crippen LogP contribution in [0, 0.1) is 0 Å². The SMILES string of the molecule is CC1(C)c2ccccc2-c2ccc(-c3ccccc3N(c3ccc4sc5ccccc5c4c3)c3cc(-c4cccc(-n5c6ccccc6c6ccccc65)c4)c4oc5ccccc5c4c3)cc21. The van der Waals surface area contributed by atoms with Crippen LogP contribution in [-0.4, -0.2) is 4.57 Å². The molecule has 0 saturated carbocycles. The summed E-state index contributed by atoms with van der Waals surface area (Å²) in [5.41, 5.74) is 18.2. The van der Waals surface area contributed by atoms with Crippen LogP contribution in [-0.2, 0) is 5.41 Å². The molecule has 0 radical (unpaired) electrons. The second kappa shape index (κ2) is 14.4. The average molecular weight is 875 g/mol. The molecule has 0 aliphatic heterocycles. The fraction of sp³-hybridized carbons (Fsp3) is 0.0476. The van der Waals surface area contributed by atoms with Crippen LogP contribution in [0.5, 0.6) is 0 Å². The molecule has 0 bridgehead atoms. The van der Waals surface area contributed by atoms with Crippen molar-refractivity contribution in [2.75, 3.05) is 4.90 Å². The Balaban J connectivity index is 1.03. The molecule has 0 unspecified atom stereocenters. The van der Waals surface area contributed by atoms with E-state index >= 15 is 0 Å². The molecule has 0 fully saturated rings. The second-order valence-corrected chi connectivity index (χ2v) is 19.5. The molecule has 0 atom stereocenters. The number of aromatic nitrogens is 1. The summed E-state index contributed by atoms with van der Waals surface area (Å²) in [5, 5.41) is 7.18. The molecular formula is C63H42N2OS. The minimum absolute atomic E-state index is 0.127. The van der Waals surface area contributed by atoms with Crippen LogP contribution < -0.4 is 4.90 Å². The molecule has 1 aliphatic rings. The summed E-state index contributed by atoms with van der Waals surface area (Å²) in [6.07, 6.45) is 0. The minimum atomic E-state index is -0.127. The van der Waals surface area contributed by atoms with E-state index in [1.54, 1.807) is 0 Å². The van der Waals surface area contributed by atoms with Gasteiger partial charge in [-0.15, -0.1) is 11.3 Å². The van der Waals surface area contributed by atoms with E-state index in [-0.39, 0.29) is 5.41 Å². The molecule has 4 heteroatoms. The van der Waals surface area contributed by atoms with Crippen LogP contribution in [0.3, 0.4) is 0 Å². The number of rotatable bonds is 6. The van der Waals surface area contributed by atoms with Crippen molar-refractivity contribution in [2.45, 2.75) is 19.3 Å². The molecule has 0 spiro atoms. The number of fused-ring (bicyclic) bond motifs is 12. The van der Waals surface area contributed by atoms with Crippen molar-refractivity contribution < 1.29 is 4.42 Å². The van der Waals surface area contributed by atoms with E-state index in [4.69, 9.17) is 4.42 Å². The molecule has 14 rings (SSSR count). The molecule has 67 heavy (non-hydrogen) atoms. The third-order valence-electron chi connectivity index (χ3n) is 14.4. The third-order valence-corrected chi connectivity index (χ3v) is 15.5. The maximum absolute atomic E-state index is 6.91. The minimum Gasteiger partial charge on any atom is -0.455 e. The summed E-state index contributed by atoms with van der Waals surface area (Å²) in [4.78, 5) is 2.48. The zero-order valence-electron chi connectivity index (χ0n) is 37.0. The van der Waals surface area contributed by atoms with E-state index < -0.39 is 0 Å². The highest BCUT2D eigenvalue weighted by Crippen LogP contribution is 2.52. The van der Waals surface area contributed by atoms with Crippen molar-refractivity contribution in [3.8, 4) is 39.1 Å². The van der Waals surface area contributed by atoms with Gasteiger partial charge in [0.1, 0.15) is 11.2 Å². The quantitative estimate of drug-likeness (QED) is 0.166. The number of para-hydroxylation sites is 4. The Labute approximate surface area is 392 Å². The number of hydrogen-bond donors (Lipinski definition) is 0. The number of benzene rings is 10. The molecule has 1 aliphatic carbocycles. The standard InChI is InChI=1S/C63H42N2OS/c1-63(2)54-24-9-3-19-45(54)46-32-30-40(35-55(46)63)44-18-4-10-25-56(44)64(42-31-33-61-52(36-42)50-23-8-14-29-60(50)67-61)43-37-51(62-53(38-43)49-22-7-13-28-59(49)66-62)39-16-15-17-41(34-39)65-57-26-11-5-20-47(57)48-21-6-12-27-58(48)65/h3-38H,1-2H3. The molecule has 3 heterocycles. The molecular weight excluding hydrogens is 833 g/mol. The second-order valence-electron chi connectivity index (χ2n) is 18.5. The van der Waals surface area contributed by atoms with Gasteiger partial charge in [0.15, 0.2) is 0 Å². The van der Waals surface area contributed by atoms with Gasteiger partial charge in [0, 0.05) is 75.3 Å². The van der Waals surface area contributed by atoms with Gasteiger partial charge in [-0.1, -0.05) is 153 Å². The van der Waals surface area contributed by atoms with E-state index in [1.807, 2.05) is 11.3 Å². The van der Waals surface area contributed by atoms with E-state index in [2.05, 4.69) is 242 Å². The normalized spacial score (nSPS) is 13.0. The highest BCUT2D eigenvalue weighted by Gasteiger charge is 2.35. The van der Waals surface area contributed by atoms with Gasteiger partial charge in [-0.05, 0) is 112 Å². The van der Waals surface area contributed by atoms with E-state index in [9.17, 15) is 0 Å². The lowest BCUT2D eigenvalue weighted by atomic mass is 9.81. The molecule has 10 aromatic carbocycles. The predicted molar refractivity (Wildman–Crippen MR) is 284 cm³/mol. The van der Waals surface area contributed by atoms with Gasteiger partial charge in [0.25, 0.3) is 0 Å². The first-order valence-electron chi connectivity index (χ1n) is 23.1. The van der Waals surface area contributed by atoms with Crippen molar-refractivity contribution in [3.63, 3.8) is 0 Å². The Hall–Kier alpha value is -8.18. The Bertz CT molecular complexity index is 4110. The smallest absolute Gasteiger partial charge is 0.143 e. The van der Waals surface area contributed by atoms with Crippen molar-refractivity contribution in [1.82, 2.24) is 4.57 Å². The van der Waals surface area contributed by atoms with Gasteiger partial charge >= 0.3 is 0 Å². The Morgan fingerprint density at radius 1 is 0.418 bits per heavy atom. The molecule has 0 N–H and O–H groups in total. The topological polar surface area (TPSA) is 21.3 Å². The summed E-state index contributed by atoms with van der Waals surface area (Å²) in [6, 6.07) is 80.3. The van der Waals surface area contributed by atoms with Gasteiger partial charge in [-0.3, -0.25) is 0 Å². The van der Waals surface area contributed by atoms with Gasteiger partial charge in [-0.25, -0.2) is 0 Å². The maximum Gasteiger partial charge on any atom is 0.143 e.